The van der Waals surface area contributed by atoms with E-state index in [2.05, 4.69) is 56.3 Å². The summed E-state index contributed by atoms with van der Waals surface area (Å²) in [6, 6.07) is 26.6. The normalized spacial score (nSPS) is 11.1. The molecule has 0 unspecified atom stereocenters. The molecular weight excluding hydrogens is 331 g/mol. The maximum atomic E-state index is 15.1. The molecule has 0 saturated heterocycles. The molecule has 0 aliphatic heterocycles. The second-order valence-corrected chi connectivity index (χ2v) is 7.18. The topological polar surface area (TPSA) is 0 Å². The zero-order chi connectivity index (χ0) is 18.8. The van der Waals surface area contributed by atoms with Crippen LogP contribution in [0, 0.1) is 12.7 Å². The molecule has 0 fully saturated rings. The maximum Gasteiger partial charge on any atom is 0.138 e. The molecule has 1 heteroatoms. The first-order valence-electron chi connectivity index (χ1n) is 9.54. The standard InChI is InChI=1S/C26H23F/c1-3-4-19-7-15-25-23(17-19)14-16-24(26(25)27)22-12-10-21(11-13-22)20-8-5-18(2)6-9-20/h5-17H,3-4H2,1-2H3. The molecule has 4 aromatic rings. The van der Waals surface area contributed by atoms with Crippen molar-refractivity contribution in [2.45, 2.75) is 26.7 Å². The Morgan fingerprint density at radius 2 is 1.33 bits per heavy atom. The van der Waals surface area contributed by atoms with Crippen LogP contribution in [0.5, 0.6) is 0 Å². The van der Waals surface area contributed by atoms with Crippen LogP contribution in [-0.2, 0) is 6.42 Å². The SMILES string of the molecule is CCCc1ccc2c(F)c(-c3ccc(-c4ccc(C)cc4)cc3)ccc2c1. The van der Waals surface area contributed by atoms with E-state index in [4.69, 9.17) is 0 Å². The van der Waals surface area contributed by atoms with Crippen LogP contribution in [-0.4, -0.2) is 0 Å². The highest BCUT2D eigenvalue weighted by molar-refractivity contribution is 5.89. The summed E-state index contributed by atoms with van der Waals surface area (Å²) in [4.78, 5) is 0. The van der Waals surface area contributed by atoms with Gasteiger partial charge >= 0.3 is 0 Å². The van der Waals surface area contributed by atoms with Gasteiger partial charge in [0.1, 0.15) is 5.82 Å². The van der Waals surface area contributed by atoms with Gasteiger partial charge in [-0.3, -0.25) is 0 Å². The summed E-state index contributed by atoms with van der Waals surface area (Å²) in [5.41, 5.74) is 6.39. The molecule has 134 valence electrons. The molecule has 0 spiro atoms. The van der Waals surface area contributed by atoms with Gasteiger partial charge in [0, 0.05) is 10.9 Å². The largest absolute Gasteiger partial charge is 0.206 e. The van der Waals surface area contributed by atoms with Crippen molar-refractivity contribution in [3.05, 3.63) is 95.8 Å². The molecule has 4 aromatic carbocycles. The van der Waals surface area contributed by atoms with Crippen molar-refractivity contribution in [1.29, 1.82) is 0 Å². The van der Waals surface area contributed by atoms with Crippen molar-refractivity contribution >= 4 is 10.8 Å². The van der Waals surface area contributed by atoms with Gasteiger partial charge in [-0.1, -0.05) is 97.8 Å². The van der Waals surface area contributed by atoms with Crippen molar-refractivity contribution in [2.24, 2.45) is 0 Å². The van der Waals surface area contributed by atoms with E-state index in [0.29, 0.717) is 10.9 Å². The Morgan fingerprint density at radius 1 is 0.704 bits per heavy atom. The fourth-order valence-electron chi connectivity index (χ4n) is 3.60. The average Bonchev–Trinajstić information content (AvgIpc) is 2.69. The van der Waals surface area contributed by atoms with E-state index < -0.39 is 0 Å². The van der Waals surface area contributed by atoms with Gasteiger partial charge in [-0.25, -0.2) is 4.39 Å². The zero-order valence-electron chi connectivity index (χ0n) is 15.8. The van der Waals surface area contributed by atoms with Gasteiger partial charge < -0.3 is 0 Å². The lowest BCUT2D eigenvalue weighted by Gasteiger charge is -2.10. The van der Waals surface area contributed by atoms with Crippen molar-refractivity contribution in [2.75, 3.05) is 0 Å². The summed E-state index contributed by atoms with van der Waals surface area (Å²) in [6.07, 6.45) is 2.12. The number of hydrogen-bond donors (Lipinski definition) is 0. The Bertz CT molecular complexity index is 1070. The third-order valence-corrected chi connectivity index (χ3v) is 5.14. The third kappa shape index (κ3) is 3.50. The summed E-state index contributed by atoms with van der Waals surface area (Å²) in [5, 5.41) is 1.66. The Labute approximate surface area is 160 Å². The highest BCUT2D eigenvalue weighted by atomic mass is 19.1. The van der Waals surface area contributed by atoms with Crippen LogP contribution in [0.2, 0.25) is 0 Å². The number of halogens is 1. The minimum absolute atomic E-state index is 0.140. The van der Waals surface area contributed by atoms with Gasteiger partial charge in [-0.2, -0.15) is 0 Å². The predicted octanol–water partition coefficient (Wildman–Crippen LogP) is 7.57. The Kier molecular flexibility index (Phi) is 4.77. The number of aryl methyl sites for hydroxylation is 2. The summed E-state index contributed by atoms with van der Waals surface area (Å²) >= 11 is 0. The number of hydrogen-bond acceptors (Lipinski definition) is 0. The lowest BCUT2D eigenvalue weighted by molar-refractivity contribution is 0.643. The van der Waals surface area contributed by atoms with E-state index >= 15 is 4.39 Å². The van der Waals surface area contributed by atoms with Crippen LogP contribution in [0.4, 0.5) is 4.39 Å². The van der Waals surface area contributed by atoms with Crippen molar-refractivity contribution < 1.29 is 4.39 Å². The minimum atomic E-state index is -0.140. The lowest BCUT2D eigenvalue weighted by Crippen LogP contribution is -1.89. The minimum Gasteiger partial charge on any atom is -0.206 e. The van der Waals surface area contributed by atoms with E-state index in [9.17, 15) is 0 Å². The van der Waals surface area contributed by atoms with E-state index in [1.807, 2.05) is 36.4 Å². The highest BCUT2D eigenvalue weighted by Gasteiger charge is 2.10. The van der Waals surface area contributed by atoms with Crippen molar-refractivity contribution in [3.63, 3.8) is 0 Å². The van der Waals surface area contributed by atoms with Crippen molar-refractivity contribution in [3.8, 4) is 22.3 Å². The van der Waals surface area contributed by atoms with Gasteiger partial charge in [-0.15, -0.1) is 0 Å². The molecule has 0 atom stereocenters. The monoisotopic (exact) mass is 354 g/mol. The van der Waals surface area contributed by atoms with Crippen LogP contribution < -0.4 is 0 Å². The summed E-state index contributed by atoms with van der Waals surface area (Å²) in [7, 11) is 0. The molecule has 4 rings (SSSR count). The van der Waals surface area contributed by atoms with E-state index in [1.54, 1.807) is 0 Å². The first kappa shape index (κ1) is 17.5. The summed E-state index contributed by atoms with van der Waals surface area (Å²) in [5.74, 6) is -0.140. The molecule has 0 nitrogen and oxygen atoms in total. The molecule has 0 radical (unpaired) electrons. The van der Waals surface area contributed by atoms with Gasteiger partial charge in [0.25, 0.3) is 0 Å². The van der Waals surface area contributed by atoms with Crippen LogP contribution in [0.15, 0.2) is 78.9 Å². The number of benzene rings is 4. The summed E-state index contributed by atoms with van der Waals surface area (Å²) in [6.45, 7) is 4.24. The van der Waals surface area contributed by atoms with Crippen LogP contribution in [0.3, 0.4) is 0 Å². The first-order valence-corrected chi connectivity index (χ1v) is 9.54. The predicted molar refractivity (Wildman–Crippen MR) is 114 cm³/mol. The van der Waals surface area contributed by atoms with E-state index in [1.165, 1.54) is 16.7 Å². The number of rotatable bonds is 4. The van der Waals surface area contributed by atoms with E-state index in [-0.39, 0.29) is 5.82 Å². The van der Waals surface area contributed by atoms with E-state index in [0.717, 1.165) is 29.4 Å². The Morgan fingerprint density at radius 3 is 2.00 bits per heavy atom. The van der Waals surface area contributed by atoms with Gasteiger partial charge in [0.2, 0.25) is 0 Å². The second-order valence-electron chi connectivity index (χ2n) is 7.18. The maximum absolute atomic E-state index is 15.1. The van der Waals surface area contributed by atoms with Crippen LogP contribution >= 0.6 is 0 Å². The van der Waals surface area contributed by atoms with Gasteiger partial charge in [0.15, 0.2) is 0 Å². The quantitative estimate of drug-likeness (QED) is 0.354. The average molecular weight is 354 g/mol. The Hall–Kier alpha value is -2.93. The fourth-order valence-corrected chi connectivity index (χ4v) is 3.60. The Balaban J connectivity index is 1.70. The number of fused-ring (bicyclic) bond motifs is 1. The first-order chi connectivity index (χ1) is 13.2. The highest BCUT2D eigenvalue weighted by Crippen LogP contribution is 2.31. The molecule has 0 amide bonds. The lowest BCUT2D eigenvalue weighted by atomic mass is 9.96. The smallest absolute Gasteiger partial charge is 0.138 e. The second kappa shape index (κ2) is 7.36. The molecule has 27 heavy (non-hydrogen) atoms. The zero-order valence-corrected chi connectivity index (χ0v) is 15.8. The molecule has 0 N–H and O–H groups in total. The molecule has 0 aliphatic rings. The summed E-state index contributed by atoms with van der Waals surface area (Å²) < 4.78 is 15.1. The van der Waals surface area contributed by atoms with Crippen molar-refractivity contribution in [1.82, 2.24) is 0 Å². The van der Waals surface area contributed by atoms with Crippen LogP contribution in [0.25, 0.3) is 33.0 Å². The third-order valence-electron chi connectivity index (χ3n) is 5.14. The van der Waals surface area contributed by atoms with Gasteiger partial charge in [0.05, 0.1) is 0 Å². The molecular formula is C26H23F. The van der Waals surface area contributed by atoms with Gasteiger partial charge in [-0.05, 0) is 41.0 Å². The molecule has 0 heterocycles. The molecule has 0 aliphatic carbocycles. The molecule has 0 aromatic heterocycles. The fraction of sp³-hybridized carbons (Fsp3) is 0.154. The molecule has 0 saturated carbocycles. The van der Waals surface area contributed by atoms with Crippen LogP contribution in [0.1, 0.15) is 24.5 Å². The molecule has 0 bridgehead atoms.